The molecular weight excluding hydrogens is 250 g/mol. The second-order valence-corrected chi connectivity index (χ2v) is 4.74. The lowest BCUT2D eigenvalue weighted by Gasteiger charge is -2.30. The van der Waals surface area contributed by atoms with E-state index in [0.29, 0.717) is 31.7 Å². The van der Waals surface area contributed by atoms with Crippen LogP contribution < -0.4 is 10.2 Å². The summed E-state index contributed by atoms with van der Waals surface area (Å²) in [4.78, 5) is 1.76. The Labute approximate surface area is 112 Å². The number of anilines is 1. The minimum absolute atomic E-state index is 0.108. The Morgan fingerprint density at radius 1 is 1.21 bits per heavy atom. The van der Waals surface area contributed by atoms with Gasteiger partial charge in [-0.05, 0) is 30.5 Å². The fourth-order valence-electron chi connectivity index (χ4n) is 2.37. The summed E-state index contributed by atoms with van der Waals surface area (Å²) < 4.78 is 33.1. The van der Waals surface area contributed by atoms with Crippen LogP contribution in [0.3, 0.4) is 0 Å². The first-order valence-electron chi connectivity index (χ1n) is 6.65. The summed E-state index contributed by atoms with van der Waals surface area (Å²) in [6, 6.07) is 2.88. The van der Waals surface area contributed by atoms with Crippen molar-refractivity contribution in [1.29, 1.82) is 0 Å². The van der Waals surface area contributed by atoms with Crippen molar-refractivity contribution in [2.75, 3.05) is 44.8 Å². The van der Waals surface area contributed by atoms with Gasteiger partial charge in [-0.25, -0.2) is 8.78 Å². The smallest absolute Gasteiger partial charge is 0.149 e. The van der Waals surface area contributed by atoms with Gasteiger partial charge in [0.1, 0.15) is 17.3 Å². The molecule has 0 aliphatic carbocycles. The lowest BCUT2D eigenvalue weighted by molar-refractivity contribution is 0.195. The van der Waals surface area contributed by atoms with Crippen molar-refractivity contribution in [3.63, 3.8) is 0 Å². The number of piperazine rings is 1. The van der Waals surface area contributed by atoms with Crippen LogP contribution in [0.2, 0.25) is 0 Å². The fourth-order valence-corrected chi connectivity index (χ4v) is 2.37. The Kier molecular flexibility index (Phi) is 5.10. The Bertz CT molecular complexity index is 397. The molecule has 1 heterocycles. The van der Waals surface area contributed by atoms with E-state index >= 15 is 0 Å². The molecule has 1 saturated heterocycles. The van der Waals surface area contributed by atoms with E-state index in [1.54, 1.807) is 12.0 Å². The van der Waals surface area contributed by atoms with Crippen molar-refractivity contribution >= 4 is 5.69 Å². The zero-order chi connectivity index (χ0) is 13.7. The lowest BCUT2D eigenvalue weighted by Crippen LogP contribution is -2.44. The Morgan fingerprint density at radius 2 is 1.84 bits per heavy atom. The first-order valence-corrected chi connectivity index (χ1v) is 6.65. The van der Waals surface area contributed by atoms with Gasteiger partial charge in [0, 0.05) is 39.9 Å². The SMILES string of the molecule is COCCCc1cc(F)c(N2CCNCC2)c(F)c1. The summed E-state index contributed by atoms with van der Waals surface area (Å²) >= 11 is 0. The molecule has 0 unspecified atom stereocenters. The van der Waals surface area contributed by atoms with Gasteiger partial charge in [-0.2, -0.15) is 0 Å². The number of benzene rings is 1. The van der Waals surface area contributed by atoms with Crippen LogP contribution in [0.5, 0.6) is 0 Å². The highest BCUT2D eigenvalue weighted by molar-refractivity contribution is 5.51. The Hall–Kier alpha value is -1.20. The maximum Gasteiger partial charge on any atom is 0.149 e. The van der Waals surface area contributed by atoms with E-state index in [4.69, 9.17) is 4.74 Å². The molecule has 1 fully saturated rings. The molecule has 0 radical (unpaired) electrons. The van der Waals surface area contributed by atoms with Crippen LogP contribution in [-0.4, -0.2) is 39.9 Å². The summed E-state index contributed by atoms with van der Waals surface area (Å²) in [5.41, 5.74) is 0.794. The summed E-state index contributed by atoms with van der Waals surface area (Å²) in [6.07, 6.45) is 1.39. The summed E-state index contributed by atoms with van der Waals surface area (Å²) in [6.45, 7) is 3.39. The van der Waals surface area contributed by atoms with Gasteiger partial charge in [0.15, 0.2) is 0 Å². The van der Waals surface area contributed by atoms with Crippen LogP contribution in [0.1, 0.15) is 12.0 Å². The molecule has 0 saturated carbocycles. The van der Waals surface area contributed by atoms with E-state index in [9.17, 15) is 8.78 Å². The molecule has 0 spiro atoms. The zero-order valence-corrected chi connectivity index (χ0v) is 11.2. The van der Waals surface area contributed by atoms with Crippen molar-refractivity contribution in [1.82, 2.24) is 5.32 Å². The van der Waals surface area contributed by atoms with E-state index in [1.807, 2.05) is 0 Å². The lowest BCUT2D eigenvalue weighted by atomic mass is 10.1. The molecule has 0 amide bonds. The Morgan fingerprint density at radius 3 is 2.42 bits per heavy atom. The molecule has 0 aromatic heterocycles. The van der Waals surface area contributed by atoms with Gasteiger partial charge in [0.2, 0.25) is 0 Å². The third kappa shape index (κ3) is 3.64. The van der Waals surface area contributed by atoms with Crippen LogP contribution in [-0.2, 0) is 11.2 Å². The van der Waals surface area contributed by atoms with Gasteiger partial charge >= 0.3 is 0 Å². The van der Waals surface area contributed by atoms with Crippen LogP contribution in [0.15, 0.2) is 12.1 Å². The van der Waals surface area contributed by atoms with E-state index < -0.39 is 11.6 Å². The van der Waals surface area contributed by atoms with Gasteiger partial charge in [0.05, 0.1) is 0 Å². The van der Waals surface area contributed by atoms with Crippen molar-refractivity contribution in [3.05, 3.63) is 29.3 Å². The van der Waals surface area contributed by atoms with Crippen molar-refractivity contribution < 1.29 is 13.5 Å². The molecule has 0 bridgehead atoms. The van der Waals surface area contributed by atoms with Gasteiger partial charge in [-0.1, -0.05) is 0 Å². The van der Waals surface area contributed by atoms with Gasteiger partial charge < -0.3 is 15.0 Å². The molecule has 1 aromatic carbocycles. The van der Waals surface area contributed by atoms with E-state index in [2.05, 4.69) is 5.32 Å². The van der Waals surface area contributed by atoms with E-state index in [-0.39, 0.29) is 5.69 Å². The third-order valence-electron chi connectivity index (χ3n) is 3.32. The number of halogens is 2. The predicted octanol–water partition coefficient (Wildman–Crippen LogP) is 1.95. The second kappa shape index (κ2) is 6.82. The van der Waals surface area contributed by atoms with Crippen molar-refractivity contribution in [2.45, 2.75) is 12.8 Å². The normalized spacial score (nSPS) is 15.8. The van der Waals surface area contributed by atoms with E-state index in [1.165, 1.54) is 12.1 Å². The highest BCUT2D eigenvalue weighted by atomic mass is 19.1. The van der Waals surface area contributed by atoms with Gasteiger partial charge in [0.25, 0.3) is 0 Å². The minimum Gasteiger partial charge on any atom is -0.385 e. The molecule has 19 heavy (non-hydrogen) atoms. The molecule has 2 rings (SSSR count). The number of nitrogens with zero attached hydrogens (tertiary/aromatic N) is 1. The van der Waals surface area contributed by atoms with Crippen LogP contribution >= 0.6 is 0 Å². The van der Waals surface area contributed by atoms with Crippen LogP contribution in [0.4, 0.5) is 14.5 Å². The topological polar surface area (TPSA) is 24.5 Å². The number of hydrogen-bond acceptors (Lipinski definition) is 3. The molecule has 1 aliphatic rings. The molecule has 1 aliphatic heterocycles. The molecule has 106 valence electrons. The Balaban J connectivity index is 2.12. The monoisotopic (exact) mass is 270 g/mol. The number of methoxy groups -OCH3 is 1. The number of rotatable bonds is 5. The second-order valence-electron chi connectivity index (χ2n) is 4.74. The largest absolute Gasteiger partial charge is 0.385 e. The average molecular weight is 270 g/mol. The van der Waals surface area contributed by atoms with Crippen LogP contribution in [0, 0.1) is 11.6 Å². The van der Waals surface area contributed by atoms with Gasteiger partial charge in [-0.15, -0.1) is 0 Å². The molecular formula is C14H20F2N2O. The zero-order valence-electron chi connectivity index (χ0n) is 11.2. The van der Waals surface area contributed by atoms with Crippen molar-refractivity contribution in [2.24, 2.45) is 0 Å². The molecule has 1 N–H and O–H groups in total. The third-order valence-corrected chi connectivity index (χ3v) is 3.32. The standard InChI is InChI=1S/C14H20F2N2O/c1-19-8-2-3-11-9-12(15)14(13(16)10-11)18-6-4-17-5-7-18/h9-10,17H,2-8H2,1H3. The quantitative estimate of drug-likeness (QED) is 0.828. The number of nitrogens with one attached hydrogen (secondary N) is 1. The molecule has 3 nitrogen and oxygen atoms in total. The first-order chi connectivity index (χ1) is 9.22. The minimum atomic E-state index is -0.464. The first kappa shape index (κ1) is 14.2. The average Bonchev–Trinajstić information content (AvgIpc) is 2.39. The number of aryl methyl sites for hydroxylation is 1. The van der Waals surface area contributed by atoms with Gasteiger partial charge in [-0.3, -0.25) is 0 Å². The summed E-state index contributed by atoms with van der Waals surface area (Å²) in [7, 11) is 1.62. The highest BCUT2D eigenvalue weighted by Crippen LogP contribution is 2.25. The number of ether oxygens (including phenoxy) is 1. The summed E-state index contributed by atoms with van der Waals surface area (Å²) in [5, 5.41) is 3.17. The number of hydrogen-bond donors (Lipinski definition) is 1. The van der Waals surface area contributed by atoms with E-state index in [0.717, 1.165) is 19.5 Å². The van der Waals surface area contributed by atoms with Crippen LogP contribution in [0.25, 0.3) is 0 Å². The maximum absolute atomic E-state index is 14.1. The predicted molar refractivity (Wildman–Crippen MR) is 71.6 cm³/mol. The molecule has 1 aromatic rings. The maximum atomic E-state index is 14.1. The van der Waals surface area contributed by atoms with Crippen molar-refractivity contribution in [3.8, 4) is 0 Å². The molecule has 5 heteroatoms. The summed E-state index contributed by atoms with van der Waals surface area (Å²) in [5.74, 6) is -0.927. The fraction of sp³-hybridized carbons (Fsp3) is 0.571. The highest BCUT2D eigenvalue weighted by Gasteiger charge is 2.19. The molecule has 0 atom stereocenters.